The highest BCUT2D eigenvalue weighted by Crippen LogP contribution is 2.52. The molecule has 5 heteroatoms. The van der Waals surface area contributed by atoms with Gasteiger partial charge in [-0.1, -0.05) is 12.5 Å². The average Bonchev–Trinajstić information content (AvgIpc) is 3.21. The molecular formula is C15H19N3S2. The molecule has 2 aromatic heterocycles. The lowest BCUT2D eigenvalue weighted by molar-refractivity contribution is 0.242. The third-order valence-electron chi connectivity index (χ3n) is 5.27. The first-order valence-electron chi connectivity index (χ1n) is 7.45. The van der Waals surface area contributed by atoms with Crippen LogP contribution in [0, 0.1) is 22.5 Å². The van der Waals surface area contributed by atoms with Crippen LogP contribution >= 0.6 is 23.6 Å². The highest BCUT2D eigenvalue weighted by Gasteiger charge is 2.42. The van der Waals surface area contributed by atoms with Crippen LogP contribution in [0.3, 0.4) is 0 Å². The highest BCUT2D eigenvalue weighted by atomic mass is 32.1. The van der Waals surface area contributed by atoms with Crippen molar-refractivity contribution in [3.8, 4) is 10.7 Å². The molecule has 2 bridgehead atoms. The van der Waals surface area contributed by atoms with Gasteiger partial charge in [-0.2, -0.15) is 5.10 Å². The molecule has 20 heavy (non-hydrogen) atoms. The van der Waals surface area contributed by atoms with Crippen molar-refractivity contribution in [2.45, 2.75) is 38.6 Å². The Labute approximate surface area is 128 Å². The fourth-order valence-electron chi connectivity index (χ4n) is 4.34. The summed E-state index contributed by atoms with van der Waals surface area (Å²) < 4.78 is 3.02. The molecule has 3 nitrogen and oxygen atoms in total. The largest absolute Gasteiger partial charge is 0.296 e. The van der Waals surface area contributed by atoms with Gasteiger partial charge in [0.05, 0.1) is 4.88 Å². The van der Waals surface area contributed by atoms with Crippen molar-refractivity contribution >= 4 is 23.6 Å². The van der Waals surface area contributed by atoms with E-state index in [9.17, 15) is 0 Å². The van der Waals surface area contributed by atoms with Gasteiger partial charge < -0.3 is 0 Å². The molecule has 0 unspecified atom stereocenters. The van der Waals surface area contributed by atoms with E-state index in [0.29, 0.717) is 6.04 Å². The first-order valence-corrected chi connectivity index (χ1v) is 8.73. The van der Waals surface area contributed by atoms with E-state index < -0.39 is 0 Å². The third-order valence-corrected chi connectivity index (χ3v) is 6.42. The second-order valence-electron chi connectivity index (χ2n) is 6.28. The van der Waals surface area contributed by atoms with Crippen molar-refractivity contribution in [1.82, 2.24) is 14.8 Å². The fourth-order valence-corrected chi connectivity index (χ4v) is 5.35. The summed E-state index contributed by atoms with van der Waals surface area (Å²) in [6, 6.07) is 4.65. The van der Waals surface area contributed by atoms with Gasteiger partial charge in [0, 0.05) is 6.04 Å². The molecule has 4 atom stereocenters. The molecule has 0 spiro atoms. The van der Waals surface area contributed by atoms with Crippen LogP contribution in [0.2, 0.25) is 0 Å². The van der Waals surface area contributed by atoms with Gasteiger partial charge in [0.15, 0.2) is 10.6 Å². The molecule has 106 valence electrons. The minimum atomic E-state index is 0.452. The van der Waals surface area contributed by atoms with Crippen LogP contribution in [0.5, 0.6) is 0 Å². The van der Waals surface area contributed by atoms with E-state index in [1.165, 1.54) is 30.6 Å². The Hall–Kier alpha value is -0.940. The van der Waals surface area contributed by atoms with Crippen LogP contribution in [0.1, 0.15) is 38.6 Å². The van der Waals surface area contributed by atoms with E-state index in [-0.39, 0.29) is 0 Å². The van der Waals surface area contributed by atoms with Crippen molar-refractivity contribution in [3.63, 3.8) is 0 Å². The Kier molecular flexibility index (Phi) is 3.07. The average molecular weight is 305 g/mol. The van der Waals surface area contributed by atoms with E-state index in [0.717, 1.165) is 28.3 Å². The van der Waals surface area contributed by atoms with Gasteiger partial charge in [0.25, 0.3) is 0 Å². The third kappa shape index (κ3) is 1.91. The standard InChI is InChI=1S/C15H19N3S2/c1-9(12-8-10-4-5-11(12)7-10)18-14(16-17-15(18)19)13-3-2-6-20-13/h2-3,6,9-12H,4-5,7-8H2,1H3,(H,17,19)/t9-,10+,11+,12-/m1/s1. The maximum atomic E-state index is 5.49. The van der Waals surface area contributed by atoms with Crippen LogP contribution < -0.4 is 0 Å². The number of thiophene rings is 1. The molecule has 2 fully saturated rings. The second-order valence-corrected chi connectivity index (χ2v) is 7.61. The number of aromatic nitrogens is 3. The van der Waals surface area contributed by atoms with Crippen molar-refractivity contribution in [3.05, 3.63) is 22.3 Å². The van der Waals surface area contributed by atoms with Gasteiger partial charge in [-0.15, -0.1) is 11.3 Å². The summed E-state index contributed by atoms with van der Waals surface area (Å²) >= 11 is 7.22. The summed E-state index contributed by atoms with van der Waals surface area (Å²) in [6.45, 7) is 2.33. The first kappa shape index (κ1) is 12.8. The first-order chi connectivity index (χ1) is 9.74. The lowest BCUT2D eigenvalue weighted by atomic mass is 9.84. The number of hydrogen-bond donors (Lipinski definition) is 1. The SMILES string of the molecule is C[C@H]([C@H]1C[C@H]2CC[C@H]1C2)n1c(-c2cccs2)n[nH]c1=S. The van der Waals surface area contributed by atoms with E-state index in [4.69, 9.17) is 12.2 Å². The number of hydrogen-bond acceptors (Lipinski definition) is 3. The number of rotatable bonds is 3. The van der Waals surface area contributed by atoms with Crippen LogP contribution in [0.15, 0.2) is 17.5 Å². The Balaban J connectivity index is 1.71. The normalized spacial score (nSPS) is 29.9. The van der Waals surface area contributed by atoms with Gasteiger partial charge in [-0.05, 0) is 67.6 Å². The molecule has 2 saturated carbocycles. The van der Waals surface area contributed by atoms with E-state index >= 15 is 0 Å². The van der Waals surface area contributed by atoms with Crippen LogP contribution in [0.25, 0.3) is 10.7 Å². The summed E-state index contributed by atoms with van der Waals surface area (Å²) in [5.41, 5.74) is 0. The van der Waals surface area contributed by atoms with Crippen LogP contribution in [-0.2, 0) is 0 Å². The summed E-state index contributed by atoms with van der Waals surface area (Å²) in [6.07, 6.45) is 5.68. The zero-order valence-corrected chi connectivity index (χ0v) is 13.2. The molecule has 2 heterocycles. The summed E-state index contributed by atoms with van der Waals surface area (Å²) in [5.74, 6) is 3.67. The Morgan fingerprint density at radius 3 is 3.00 bits per heavy atom. The van der Waals surface area contributed by atoms with Gasteiger partial charge in [-0.25, -0.2) is 0 Å². The minimum absolute atomic E-state index is 0.452. The van der Waals surface area contributed by atoms with E-state index in [2.05, 4.69) is 39.2 Å². The van der Waals surface area contributed by atoms with Crippen molar-refractivity contribution < 1.29 is 0 Å². The zero-order valence-electron chi connectivity index (χ0n) is 11.6. The molecule has 2 aliphatic carbocycles. The molecule has 0 saturated heterocycles. The number of aromatic amines is 1. The van der Waals surface area contributed by atoms with Gasteiger partial charge in [0.2, 0.25) is 0 Å². The Morgan fingerprint density at radius 2 is 2.35 bits per heavy atom. The monoisotopic (exact) mass is 305 g/mol. The molecule has 0 aromatic carbocycles. The van der Waals surface area contributed by atoms with E-state index in [1.807, 2.05) is 0 Å². The highest BCUT2D eigenvalue weighted by molar-refractivity contribution is 7.71. The van der Waals surface area contributed by atoms with Crippen molar-refractivity contribution in [1.29, 1.82) is 0 Å². The van der Waals surface area contributed by atoms with Gasteiger partial charge >= 0.3 is 0 Å². The number of nitrogens with one attached hydrogen (secondary N) is 1. The number of H-pyrrole nitrogens is 1. The molecular weight excluding hydrogens is 286 g/mol. The number of fused-ring (bicyclic) bond motifs is 2. The van der Waals surface area contributed by atoms with Crippen LogP contribution in [0.4, 0.5) is 0 Å². The molecule has 2 aliphatic rings. The Morgan fingerprint density at radius 1 is 1.45 bits per heavy atom. The lowest BCUT2D eigenvalue weighted by Crippen LogP contribution is -2.22. The van der Waals surface area contributed by atoms with Crippen molar-refractivity contribution in [2.24, 2.45) is 17.8 Å². The van der Waals surface area contributed by atoms with Gasteiger partial charge in [-0.3, -0.25) is 9.67 Å². The quantitative estimate of drug-likeness (QED) is 0.836. The summed E-state index contributed by atoms with van der Waals surface area (Å²) in [5, 5.41) is 9.56. The maximum Gasteiger partial charge on any atom is 0.195 e. The van der Waals surface area contributed by atoms with Gasteiger partial charge in [0.1, 0.15) is 0 Å². The maximum absolute atomic E-state index is 5.49. The van der Waals surface area contributed by atoms with Crippen LogP contribution in [-0.4, -0.2) is 14.8 Å². The zero-order chi connectivity index (χ0) is 13.7. The number of nitrogens with zero attached hydrogens (tertiary/aromatic N) is 2. The molecule has 0 amide bonds. The summed E-state index contributed by atoms with van der Waals surface area (Å²) in [7, 11) is 0. The Bertz CT molecular complexity index is 655. The molecule has 4 rings (SSSR count). The molecule has 2 aromatic rings. The predicted molar refractivity (Wildman–Crippen MR) is 84.4 cm³/mol. The van der Waals surface area contributed by atoms with Crippen molar-refractivity contribution in [2.75, 3.05) is 0 Å². The fraction of sp³-hybridized carbons (Fsp3) is 0.600. The molecule has 1 N–H and O–H groups in total. The smallest absolute Gasteiger partial charge is 0.195 e. The summed E-state index contributed by atoms with van der Waals surface area (Å²) in [4.78, 5) is 1.20. The van der Waals surface area contributed by atoms with E-state index in [1.54, 1.807) is 11.3 Å². The predicted octanol–water partition coefficient (Wildman–Crippen LogP) is 4.67. The molecule has 0 aliphatic heterocycles. The molecule has 0 radical (unpaired) electrons. The lowest BCUT2D eigenvalue weighted by Gasteiger charge is -2.29. The second kappa shape index (κ2) is 4.81. The minimum Gasteiger partial charge on any atom is -0.296 e. The topological polar surface area (TPSA) is 33.6 Å².